The van der Waals surface area contributed by atoms with E-state index in [9.17, 15) is 10.1 Å². The van der Waals surface area contributed by atoms with Gasteiger partial charge < -0.3 is 14.4 Å². The zero-order valence-corrected chi connectivity index (χ0v) is 19.1. The Morgan fingerprint density at radius 3 is 2.68 bits per heavy atom. The van der Waals surface area contributed by atoms with Gasteiger partial charge in [-0.05, 0) is 42.3 Å². The molecule has 0 saturated carbocycles. The normalized spacial score (nSPS) is 18.5. The molecule has 2 aromatic rings. The highest BCUT2D eigenvalue weighted by atomic mass is 35.5. The number of methoxy groups -OCH3 is 2. The van der Waals surface area contributed by atoms with E-state index in [1.54, 1.807) is 19.1 Å². The minimum Gasteiger partial charge on any atom is -0.493 e. The summed E-state index contributed by atoms with van der Waals surface area (Å²) in [6.45, 7) is 2.37. The molecule has 0 N–H and O–H groups in total. The zero-order valence-electron chi connectivity index (χ0n) is 17.5. The van der Waals surface area contributed by atoms with Crippen LogP contribution >= 0.6 is 23.4 Å². The van der Waals surface area contributed by atoms with Crippen LogP contribution in [0.5, 0.6) is 11.5 Å². The van der Waals surface area contributed by atoms with Crippen molar-refractivity contribution in [1.82, 2.24) is 4.90 Å². The fourth-order valence-electron chi connectivity index (χ4n) is 4.01. The maximum atomic E-state index is 13.1. The van der Waals surface area contributed by atoms with Crippen molar-refractivity contribution >= 4 is 35.0 Å². The topological polar surface area (TPSA) is 65.8 Å². The number of fused-ring (bicyclic) bond motifs is 1. The van der Waals surface area contributed by atoms with Gasteiger partial charge in [-0.3, -0.25) is 9.69 Å². The van der Waals surface area contributed by atoms with Crippen molar-refractivity contribution < 1.29 is 14.3 Å². The molecule has 0 unspecified atom stereocenters. The predicted octanol–water partition coefficient (Wildman–Crippen LogP) is 4.89. The van der Waals surface area contributed by atoms with Crippen LogP contribution < -0.4 is 14.4 Å². The lowest BCUT2D eigenvalue weighted by atomic mass is 9.86. The number of benzene rings is 2. The van der Waals surface area contributed by atoms with Crippen LogP contribution in [0, 0.1) is 18.3 Å². The summed E-state index contributed by atoms with van der Waals surface area (Å²) in [5, 5.41) is 11.4. The number of allylic oxidation sites excluding steroid dienone is 1. The smallest absolute Gasteiger partial charge is 0.229 e. The molecule has 6 nitrogen and oxygen atoms in total. The van der Waals surface area contributed by atoms with Crippen molar-refractivity contribution in [3.8, 4) is 17.6 Å². The average molecular weight is 456 g/mol. The number of ether oxygens (including phenoxy) is 2. The summed E-state index contributed by atoms with van der Waals surface area (Å²) in [6.07, 6.45) is 0.227. The van der Waals surface area contributed by atoms with Gasteiger partial charge in [-0.1, -0.05) is 35.5 Å². The van der Waals surface area contributed by atoms with Gasteiger partial charge in [0, 0.05) is 23.0 Å². The molecule has 0 aromatic heterocycles. The van der Waals surface area contributed by atoms with Crippen LogP contribution in [0.1, 0.15) is 23.5 Å². The van der Waals surface area contributed by atoms with Gasteiger partial charge in [-0.25, -0.2) is 0 Å². The fourth-order valence-corrected chi connectivity index (χ4v) is 5.34. The predicted molar refractivity (Wildman–Crippen MR) is 122 cm³/mol. The molecule has 2 aromatic carbocycles. The number of thioether (sulfide) groups is 1. The van der Waals surface area contributed by atoms with E-state index in [-0.39, 0.29) is 18.2 Å². The number of amides is 1. The summed E-state index contributed by atoms with van der Waals surface area (Å²) in [7, 11) is 3.15. The number of anilines is 1. The molecule has 0 aliphatic carbocycles. The molecule has 0 bridgehead atoms. The van der Waals surface area contributed by atoms with Gasteiger partial charge in [-0.2, -0.15) is 5.26 Å². The molecule has 4 rings (SSSR count). The Hall–Kier alpha value is -2.82. The zero-order chi connectivity index (χ0) is 22.1. The highest BCUT2D eigenvalue weighted by molar-refractivity contribution is 8.03. The molecule has 0 radical (unpaired) electrons. The monoisotopic (exact) mass is 455 g/mol. The van der Waals surface area contributed by atoms with Crippen molar-refractivity contribution in [3.05, 3.63) is 63.1 Å². The lowest BCUT2D eigenvalue weighted by Crippen LogP contribution is -2.47. The number of nitrogens with zero attached hydrogens (tertiary/aromatic N) is 3. The van der Waals surface area contributed by atoms with Crippen molar-refractivity contribution in [2.24, 2.45) is 0 Å². The van der Waals surface area contributed by atoms with Crippen molar-refractivity contribution in [2.45, 2.75) is 19.3 Å². The number of carbonyl (C=O) groups excluding carboxylic acids is 1. The van der Waals surface area contributed by atoms with Crippen LogP contribution in [0.3, 0.4) is 0 Å². The lowest BCUT2D eigenvalue weighted by Gasteiger charge is -2.42. The van der Waals surface area contributed by atoms with Crippen LogP contribution in [-0.2, 0) is 4.79 Å². The van der Waals surface area contributed by atoms with E-state index in [0.29, 0.717) is 34.6 Å². The first-order chi connectivity index (χ1) is 15.0. The third-order valence-electron chi connectivity index (χ3n) is 5.68. The first-order valence-electron chi connectivity index (χ1n) is 9.77. The number of carbonyl (C=O) groups is 1. The molecule has 1 amide bonds. The van der Waals surface area contributed by atoms with E-state index in [4.69, 9.17) is 21.1 Å². The first-order valence-corrected chi connectivity index (χ1v) is 11.1. The molecular formula is C23H22ClN3O3S. The van der Waals surface area contributed by atoms with E-state index < -0.39 is 0 Å². The van der Waals surface area contributed by atoms with Gasteiger partial charge in [0.25, 0.3) is 0 Å². The quantitative estimate of drug-likeness (QED) is 0.654. The Labute approximate surface area is 191 Å². The van der Waals surface area contributed by atoms with Crippen LogP contribution in [0.15, 0.2) is 47.0 Å². The van der Waals surface area contributed by atoms with Crippen LogP contribution in [0.4, 0.5) is 5.69 Å². The summed E-state index contributed by atoms with van der Waals surface area (Å²) in [5.74, 6) is 1.50. The summed E-state index contributed by atoms with van der Waals surface area (Å²) < 4.78 is 10.7. The SMILES string of the molecule is COc1ccc([C@H]2CC(=O)N3CN(c4cccc(Cl)c4C)CSC3=C2C#N)cc1OC. The largest absolute Gasteiger partial charge is 0.493 e. The number of halogens is 1. The molecule has 31 heavy (non-hydrogen) atoms. The maximum Gasteiger partial charge on any atom is 0.229 e. The second kappa shape index (κ2) is 8.74. The van der Waals surface area contributed by atoms with Crippen LogP contribution in [-0.4, -0.2) is 37.6 Å². The number of nitriles is 1. The second-order valence-electron chi connectivity index (χ2n) is 7.36. The van der Waals surface area contributed by atoms with E-state index >= 15 is 0 Å². The van der Waals surface area contributed by atoms with E-state index in [2.05, 4.69) is 11.0 Å². The van der Waals surface area contributed by atoms with Gasteiger partial charge in [0.2, 0.25) is 5.91 Å². The molecule has 8 heteroatoms. The Morgan fingerprint density at radius 1 is 1.19 bits per heavy atom. The molecule has 1 saturated heterocycles. The summed E-state index contributed by atoms with van der Waals surface area (Å²) in [5.41, 5.74) is 3.44. The molecular weight excluding hydrogens is 434 g/mol. The Kier molecular flexibility index (Phi) is 6.03. The summed E-state index contributed by atoms with van der Waals surface area (Å²) in [6, 6.07) is 13.7. The molecule has 2 aliphatic rings. The number of hydrogen-bond donors (Lipinski definition) is 0. The maximum absolute atomic E-state index is 13.1. The minimum atomic E-state index is -0.310. The van der Waals surface area contributed by atoms with Crippen molar-refractivity contribution in [2.75, 3.05) is 31.7 Å². The van der Waals surface area contributed by atoms with Gasteiger partial charge in [-0.15, -0.1) is 0 Å². The van der Waals surface area contributed by atoms with E-state index in [1.807, 2.05) is 43.3 Å². The van der Waals surface area contributed by atoms with Crippen LogP contribution in [0.25, 0.3) is 0 Å². The third kappa shape index (κ3) is 3.82. The number of hydrogen-bond acceptors (Lipinski definition) is 6. The van der Waals surface area contributed by atoms with E-state index in [1.165, 1.54) is 11.8 Å². The molecule has 0 spiro atoms. The number of rotatable bonds is 4. The third-order valence-corrected chi connectivity index (χ3v) is 7.25. The van der Waals surface area contributed by atoms with Gasteiger partial charge in [0.1, 0.15) is 0 Å². The standard InChI is InChI=1S/C23H22ClN3O3S/c1-14-18(24)5-4-6-19(14)26-12-27-22(28)10-16(17(11-25)23(27)31-13-26)15-7-8-20(29-2)21(9-15)30-3/h4-9,16H,10,12-13H2,1-3H3/t16-/m1/s1. The van der Waals surface area contributed by atoms with Gasteiger partial charge >= 0.3 is 0 Å². The molecule has 2 heterocycles. The fraction of sp³-hybridized carbons (Fsp3) is 0.304. The highest BCUT2D eigenvalue weighted by Crippen LogP contribution is 2.45. The van der Waals surface area contributed by atoms with E-state index in [0.717, 1.165) is 21.8 Å². The average Bonchev–Trinajstić information content (AvgIpc) is 2.80. The molecule has 160 valence electrons. The van der Waals surface area contributed by atoms with Crippen molar-refractivity contribution in [1.29, 1.82) is 5.26 Å². The highest BCUT2D eigenvalue weighted by Gasteiger charge is 2.38. The molecule has 1 atom stereocenters. The van der Waals surface area contributed by atoms with Crippen LogP contribution in [0.2, 0.25) is 5.02 Å². The van der Waals surface area contributed by atoms with Gasteiger partial charge in [0.05, 0.1) is 43.4 Å². The lowest BCUT2D eigenvalue weighted by molar-refractivity contribution is -0.129. The Bertz CT molecular complexity index is 1110. The molecule has 2 aliphatic heterocycles. The summed E-state index contributed by atoms with van der Waals surface area (Å²) in [4.78, 5) is 17.0. The Morgan fingerprint density at radius 2 is 1.97 bits per heavy atom. The van der Waals surface area contributed by atoms with Gasteiger partial charge in [0.15, 0.2) is 11.5 Å². The second-order valence-corrected chi connectivity index (χ2v) is 8.70. The van der Waals surface area contributed by atoms with Crippen molar-refractivity contribution in [3.63, 3.8) is 0 Å². The first kappa shape index (κ1) is 21.4. The minimum absolute atomic E-state index is 0.00864. The summed E-state index contributed by atoms with van der Waals surface area (Å²) >= 11 is 7.80. The molecule has 1 fully saturated rings. The Balaban J connectivity index is 1.68.